The van der Waals surface area contributed by atoms with Crippen LogP contribution in [0.4, 0.5) is 5.13 Å². The molecule has 14 heteroatoms. The molecule has 204 valence electrons. The molecule has 1 saturated heterocycles. The number of benzene rings is 1. The fourth-order valence-electron chi connectivity index (χ4n) is 3.60. The summed E-state index contributed by atoms with van der Waals surface area (Å²) in [4.78, 5) is 22.9. The first-order valence-electron chi connectivity index (χ1n) is 12.0. The molecule has 0 bridgehead atoms. The SMILES string of the molecule is COCCCS(=O)(=O)c1ccc(C(=NN2CCOCC2)C(=O)Nc2nc3ccc(OCCO)nc3s2)cc1. The zero-order valence-electron chi connectivity index (χ0n) is 20.8. The number of nitrogens with zero attached hydrogens (tertiary/aromatic N) is 4. The second kappa shape index (κ2) is 13.1. The van der Waals surface area contributed by atoms with Crippen LogP contribution in [0.2, 0.25) is 0 Å². The second-order valence-corrected chi connectivity index (χ2v) is 11.3. The Labute approximate surface area is 224 Å². The topological polar surface area (TPSA) is 153 Å². The highest BCUT2D eigenvalue weighted by molar-refractivity contribution is 7.91. The summed E-state index contributed by atoms with van der Waals surface area (Å²) in [6, 6.07) is 9.47. The third-order valence-electron chi connectivity index (χ3n) is 5.48. The maximum absolute atomic E-state index is 13.4. The molecule has 3 aromatic rings. The fraction of sp³-hybridized carbons (Fsp3) is 0.417. The highest BCUT2D eigenvalue weighted by Crippen LogP contribution is 2.26. The van der Waals surface area contributed by atoms with Crippen LogP contribution in [0.3, 0.4) is 0 Å². The van der Waals surface area contributed by atoms with E-state index < -0.39 is 15.7 Å². The van der Waals surface area contributed by atoms with Crippen LogP contribution in [0, 0.1) is 0 Å². The number of methoxy groups -OCH3 is 1. The second-order valence-electron chi connectivity index (χ2n) is 8.22. The first-order chi connectivity index (χ1) is 18.4. The average Bonchev–Trinajstić information content (AvgIpc) is 3.32. The quantitative estimate of drug-likeness (QED) is 0.245. The predicted octanol–water partition coefficient (Wildman–Crippen LogP) is 1.55. The number of thiazole rings is 1. The molecule has 12 nitrogen and oxygen atoms in total. The highest BCUT2D eigenvalue weighted by Gasteiger charge is 2.21. The van der Waals surface area contributed by atoms with Gasteiger partial charge in [-0.3, -0.25) is 15.1 Å². The smallest absolute Gasteiger partial charge is 0.278 e. The number of fused-ring (bicyclic) bond motifs is 1. The van der Waals surface area contributed by atoms with Crippen molar-refractivity contribution in [2.24, 2.45) is 5.10 Å². The van der Waals surface area contributed by atoms with Gasteiger partial charge in [-0.05, 0) is 24.6 Å². The first-order valence-corrected chi connectivity index (χ1v) is 14.4. The van der Waals surface area contributed by atoms with Gasteiger partial charge in [-0.1, -0.05) is 23.5 Å². The number of nitrogens with one attached hydrogen (secondary N) is 1. The van der Waals surface area contributed by atoms with E-state index in [9.17, 15) is 13.2 Å². The van der Waals surface area contributed by atoms with Crippen molar-refractivity contribution in [1.82, 2.24) is 15.0 Å². The Morgan fingerprint density at radius 1 is 1.16 bits per heavy atom. The lowest BCUT2D eigenvalue weighted by Gasteiger charge is -2.24. The molecule has 0 unspecified atom stereocenters. The van der Waals surface area contributed by atoms with Gasteiger partial charge in [-0.25, -0.2) is 18.4 Å². The minimum atomic E-state index is -3.48. The van der Waals surface area contributed by atoms with Gasteiger partial charge in [0, 0.05) is 25.3 Å². The summed E-state index contributed by atoms with van der Waals surface area (Å²) in [6.07, 6.45) is 0.388. The normalized spacial score (nSPS) is 14.6. The number of aromatic nitrogens is 2. The monoisotopic (exact) mass is 563 g/mol. The van der Waals surface area contributed by atoms with E-state index in [1.165, 1.54) is 30.6 Å². The molecular weight excluding hydrogens is 534 g/mol. The van der Waals surface area contributed by atoms with Gasteiger partial charge in [0.25, 0.3) is 5.91 Å². The van der Waals surface area contributed by atoms with E-state index in [4.69, 9.17) is 19.3 Å². The van der Waals surface area contributed by atoms with Crippen LogP contribution in [0.15, 0.2) is 46.4 Å². The average molecular weight is 564 g/mol. The standard InChI is InChI=1S/C24H29N5O7S2/c1-34-12-2-16-38(32,33)18-5-3-17(4-6-18)21(28-29-9-13-35-14-10-29)22(31)27-24-25-19-7-8-20(36-15-11-30)26-23(19)37-24/h3-8,30H,2,9-16H2,1H3,(H,25,27,31). The van der Waals surface area contributed by atoms with Gasteiger partial charge in [0.2, 0.25) is 5.88 Å². The number of carbonyl (C=O) groups is 1. The van der Waals surface area contributed by atoms with E-state index in [1.54, 1.807) is 29.3 Å². The van der Waals surface area contributed by atoms with E-state index >= 15 is 0 Å². The molecule has 3 heterocycles. The van der Waals surface area contributed by atoms with Gasteiger partial charge in [0.1, 0.15) is 17.0 Å². The summed E-state index contributed by atoms with van der Waals surface area (Å²) >= 11 is 1.17. The zero-order valence-corrected chi connectivity index (χ0v) is 22.5. The van der Waals surface area contributed by atoms with Crippen molar-refractivity contribution in [2.75, 3.05) is 64.3 Å². The number of hydrogen-bond acceptors (Lipinski definition) is 12. The predicted molar refractivity (Wildman–Crippen MR) is 143 cm³/mol. The molecule has 1 amide bonds. The van der Waals surface area contributed by atoms with Gasteiger partial charge >= 0.3 is 0 Å². The molecule has 2 aromatic heterocycles. The zero-order chi connectivity index (χ0) is 27.0. The first kappa shape index (κ1) is 27.9. The number of amides is 1. The van der Waals surface area contributed by atoms with E-state index in [-0.39, 0.29) is 29.6 Å². The fourth-order valence-corrected chi connectivity index (χ4v) is 5.71. The van der Waals surface area contributed by atoms with Crippen LogP contribution in [0.25, 0.3) is 10.3 Å². The number of morpholine rings is 1. The van der Waals surface area contributed by atoms with Gasteiger partial charge < -0.3 is 19.3 Å². The summed E-state index contributed by atoms with van der Waals surface area (Å²) in [6.45, 7) is 2.36. The maximum Gasteiger partial charge on any atom is 0.278 e. The lowest BCUT2D eigenvalue weighted by Crippen LogP contribution is -2.35. The summed E-state index contributed by atoms with van der Waals surface area (Å²) in [7, 11) is -1.96. The summed E-state index contributed by atoms with van der Waals surface area (Å²) in [5.41, 5.74) is 1.16. The third-order valence-corrected chi connectivity index (χ3v) is 8.18. The minimum absolute atomic E-state index is 0.0339. The van der Waals surface area contributed by atoms with Crippen LogP contribution in [-0.2, 0) is 24.1 Å². The Bertz CT molecular complexity index is 1370. The molecular formula is C24H29N5O7S2. The van der Waals surface area contributed by atoms with Gasteiger partial charge in [-0.15, -0.1) is 0 Å². The maximum atomic E-state index is 13.4. The van der Waals surface area contributed by atoms with Gasteiger partial charge in [0.15, 0.2) is 20.7 Å². The number of pyridine rings is 1. The molecule has 0 aliphatic carbocycles. The molecule has 2 N–H and O–H groups in total. The Morgan fingerprint density at radius 3 is 2.63 bits per heavy atom. The minimum Gasteiger partial charge on any atom is -0.475 e. The lowest BCUT2D eigenvalue weighted by atomic mass is 10.1. The van der Waals surface area contributed by atoms with Crippen LogP contribution in [0.1, 0.15) is 12.0 Å². The Hall–Kier alpha value is -3.17. The van der Waals surface area contributed by atoms with Crippen molar-refractivity contribution in [1.29, 1.82) is 0 Å². The molecule has 0 atom stereocenters. The van der Waals surface area contributed by atoms with Crippen molar-refractivity contribution >= 4 is 48.3 Å². The molecule has 1 aromatic carbocycles. The van der Waals surface area contributed by atoms with Crippen molar-refractivity contribution in [3.8, 4) is 5.88 Å². The molecule has 0 saturated carbocycles. The molecule has 0 spiro atoms. The van der Waals surface area contributed by atoms with Crippen molar-refractivity contribution in [2.45, 2.75) is 11.3 Å². The molecule has 4 rings (SSSR count). The molecule has 0 radical (unpaired) electrons. The summed E-state index contributed by atoms with van der Waals surface area (Å²) in [5, 5.41) is 18.4. The van der Waals surface area contributed by atoms with Gasteiger partial charge in [-0.2, -0.15) is 5.10 Å². The van der Waals surface area contributed by atoms with Gasteiger partial charge in [0.05, 0.1) is 43.6 Å². The number of aliphatic hydroxyl groups is 1. The number of rotatable bonds is 12. The Balaban J connectivity index is 1.57. The molecule has 38 heavy (non-hydrogen) atoms. The third kappa shape index (κ3) is 7.23. The highest BCUT2D eigenvalue weighted by atomic mass is 32.2. The number of carbonyl (C=O) groups excluding carboxylic acids is 1. The molecule has 1 aliphatic heterocycles. The van der Waals surface area contributed by atoms with Crippen molar-refractivity contribution < 1.29 is 32.5 Å². The number of aliphatic hydroxyl groups excluding tert-OH is 1. The molecule has 1 fully saturated rings. The number of hydrogen-bond donors (Lipinski definition) is 2. The van der Waals surface area contributed by atoms with Crippen molar-refractivity contribution in [3.05, 3.63) is 42.0 Å². The number of anilines is 1. The van der Waals surface area contributed by atoms with Crippen LogP contribution < -0.4 is 10.1 Å². The number of hydrazone groups is 1. The summed E-state index contributed by atoms with van der Waals surface area (Å²) < 4.78 is 40.9. The summed E-state index contributed by atoms with van der Waals surface area (Å²) in [5.74, 6) is -0.184. The Kier molecular flexibility index (Phi) is 9.58. The van der Waals surface area contributed by atoms with E-state index in [1.807, 2.05) is 0 Å². The van der Waals surface area contributed by atoms with E-state index in [0.29, 0.717) is 66.3 Å². The lowest BCUT2D eigenvalue weighted by molar-refractivity contribution is -0.110. The largest absolute Gasteiger partial charge is 0.475 e. The van der Waals surface area contributed by atoms with Crippen LogP contribution in [-0.4, -0.2) is 99.1 Å². The van der Waals surface area contributed by atoms with Crippen LogP contribution >= 0.6 is 11.3 Å². The number of ether oxygens (including phenoxy) is 3. The van der Waals surface area contributed by atoms with E-state index in [0.717, 1.165) is 0 Å². The number of sulfone groups is 1. The van der Waals surface area contributed by atoms with E-state index in [2.05, 4.69) is 20.4 Å². The molecule has 1 aliphatic rings. The Morgan fingerprint density at radius 2 is 1.92 bits per heavy atom. The van der Waals surface area contributed by atoms with Crippen LogP contribution in [0.5, 0.6) is 5.88 Å². The van der Waals surface area contributed by atoms with Crippen molar-refractivity contribution in [3.63, 3.8) is 0 Å².